The van der Waals surface area contributed by atoms with Gasteiger partial charge >= 0.3 is 0 Å². The first-order chi connectivity index (χ1) is 9.69. The number of fused-ring (bicyclic) bond motifs is 5. The van der Waals surface area contributed by atoms with Crippen LogP contribution in [0.4, 0.5) is 5.69 Å². The topological polar surface area (TPSA) is 67.2 Å². The summed E-state index contributed by atoms with van der Waals surface area (Å²) < 4.78 is 0. The van der Waals surface area contributed by atoms with Gasteiger partial charge in [-0.2, -0.15) is 0 Å². The van der Waals surface area contributed by atoms with Crippen molar-refractivity contribution in [3.63, 3.8) is 0 Å². The highest BCUT2D eigenvalue weighted by molar-refractivity contribution is 6.00. The van der Waals surface area contributed by atoms with E-state index in [9.17, 15) is 4.79 Å². The SMILES string of the molecule is Cc1ccc(C(=O)NC2C3C4CCC(C4)C23)c(NN)c1. The molecular weight excluding hydrogens is 250 g/mol. The zero-order chi connectivity index (χ0) is 13.9. The third-order valence-corrected chi connectivity index (χ3v) is 5.61. The van der Waals surface area contributed by atoms with Crippen molar-refractivity contribution in [1.29, 1.82) is 0 Å². The molecule has 1 amide bonds. The van der Waals surface area contributed by atoms with Crippen molar-refractivity contribution in [2.45, 2.75) is 32.2 Å². The maximum absolute atomic E-state index is 12.4. The Morgan fingerprint density at radius 1 is 1.25 bits per heavy atom. The summed E-state index contributed by atoms with van der Waals surface area (Å²) in [6.45, 7) is 1.99. The first kappa shape index (κ1) is 12.2. The predicted molar refractivity (Wildman–Crippen MR) is 78.1 cm³/mol. The molecule has 4 N–H and O–H groups in total. The Bertz CT molecular complexity index is 555. The number of carbonyl (C=O) groups is 1. The first-order valence-electron chi connectivity index (χ1n) is 7.57. The first-order valence-corrected chi connectivity index (χ1v) is 7.57. The molecule has 106 valence electrons. The van der Waals surface area contributed by atoms with Gasteiger partial charge < -0.3 is 10.7 Å². The highest BCUT2D eigenvalue weighted by Gasteiger charge is 2.65. The van der Waals surface area contributed by atoms with E-state index in [2.05, 4.69) is 10.7 Å². The molecule has 4 atom stereocenters. The van der Waals surface area contributed by atoms with Crippen LogP contribution in [0, 0.1) is 30.6 Å². The van der Waals surface area contributed by atoms with Crippen LogP contribution in [0.15, 0.2) is 18.2 Å². The Labute approximate surface area is 119 Å². The smallest absolute Gasteiger partial charge is 0.253 e. The number of amides is 1. The fraction of sp³-hybridized carbons (Fsp3) is 0.562. The quantitative estimate of drug-likeness (QED) is 0.582. The van der Waals surface area contributed by atoms with E-state index in [1.807, 2.05) is 25.1 Å². The molecule has 3 aliphatic rings. The molecule has 0 saturated heterocycles. The summed E-state index contributed by atoms with van der Waals surface area (Å²) in [5, 5.41) is 3.23. The van der Waals surface area contributed by atoms with Gasteiger partial charge in [-0.05, 0) is 67.6 Å². The van der Waals surface area contributed by atoms with Gasteiger partial charge in [0.05, 0.1) is 11.3 Å². The minimum absolute atomic E-state index is 0.0109. The number of rotatable bonds is 3. The van der Waals surface area contributed by atoms with E-state index < -0.39 is 0 Å². The zero-order valence-corrected chi connectivity index (χ0v) is 11.7. The molecule has 3 saturated carbocycles. The summed E-state index contributed by atoms with van der Waals surface area (Å²) in [6, 6.07) is 6.13. The number of nitrogens with one attached hydrogen (secondary N) is 2. The van der Waals surface area contributed by atoms with E-state index >= 15 is 0 Å². The van der Waals surface area contributed by atoms with Crippen molar-refractivity contribution in [1.82, 2.24) is 5.32 Å². The minimum Gasteiger partial charge on any atom is -0.349 e. The molecule has 0 spiro atoms. The molecule has 0 aliphatic heterocycles. The number of anilines is 1. The fourth-order valence-electron chi connectivity index (χ4n) is 4.72. The third kappa shape index (κ3) is 1.67. The molecule has 4 rings (SSSR count). The fourth-order valence-corrected chi connectivity index (χ4v) is 4.72. The Morgan fingerprint density at radius 2 is 1.95 bits per heavy atom. The molecule has 2 bridgehead atoms. The molecule has 0 aromatic heterocycles. The van der Waals surface area contributed by atoms with E-state index in [0.717, 1.165) is 29.2 Å². The maximum Gasteiger partial charge on any atom is 0.253 e. The number of hydrogen-bond donors (Lipinski definition) is 3. The van der Waals surface area contributed by atoms with Gasteiger partial charge in [-0.15, -0.1) is 0 Å². The van der Waals surface area contributed by atoms with Crippen molar-refractivity contribution in [3.8, 4) is 0 Å². The minimum atomic E-state index is 0.0109. The van der Waals surface area contributed by atoms with Crippen LogP contribution in [0.3, 0.4) is 0 Å². The van der Waals surface area contributed by atoms with E-state index in [4.69, 9.17) is 5.84 Å². The van der Waals surface area contributed by atoms with Crippen LogP contribution in [0.2, 0.25) is 0 Å². The molecule has 1 aromatic carbocycles. The number of hydrogen-bond acceptors (Lipinski definition) is 3. The van der Waals surface area contributed by atoms with Crippen LogP contribution in [0.25, 0.3) is 0 Å². The van der Waals surface area contributed by atoms with Crippen LogP contribution in [0.5, 0.6) is 0 Å². The number of nitrogen functional groups attached to an aromatic ring is 1. The average Bonchev–Trinajstić information content (AvgIpc) is 2.84. The summed E-state index contributed by atoms with van der Waals surface area (Å²) in [7, 11) is 0. The summed E-state index contributed by atoms with van der Waals surface area (Å²) in [6.07, 6.45) is 4.15. The Morgan fingerprint density at radius 3 is 2.60 bits per heavy atom. The summed E-state index contributed by atoms with van der Waals surface area (Å²) in [4.78, 5) is 12.4. The van der Waals surface area contributed by atoms with E-state index in [0.29, 0.717) is 17.3 Å². The average molecular weight is 271 g/mol. The van der Waals surface area contributed by atoms with Crippen molar-refractivity contribution >= 4 is 11.6 Å². The number of nitrogens with two attached hydrogens (primary N) is 1. The lowest BCUT2D eigenvalue weighted by Gasteiger charge is -2.13. The molecule has 4 nitrogen and oxygen atoms in total. The lowest BCUT2D eigenvalue weighted by atomic mass is 10.0. The van der Waals surface area contributed by atoms with Crippen LogP contribution in [-0.4, -0.2) is 11.9 Å². The molecule has 3 fully saturated rings. The predicted octanol–water partition coefficient (Wildman–Crippen LogP) is 2.05. The van der Waals surface area contributed by atoms with Gasteiger partial charge in [-0.1, -0.05) is 6.07 Å². The molecular formula is C16H21N3O. The van der Waals surface area contributed by atoms with Crippen LogP contribution < -0.4 is 16.6 Å². The Balaban J connectivity index is 1.49. The molecule has 0 heterocycles. The van der Waals surface area contributed by atoms with Crippen molar-refractivity contribution in [3.05, 3.63) is 29.3 Å². The molecule has 4 heteroatoms. The van der Waals surface area contributed by atoms with Crippen LogP contribution in [-0.2, 0) is 0 Å². The summed E-state index contributed by atoms with van der Waals surface area (Å²) >= 11 is 0. The monoisotopic (exact) mass is 271 g/mol. The molecule has 4 unspecified atom stereocenters. The Kier molecular flexibility index (Phi) is 2.58. The van der Waals surface area contributed by atoms with Gasteiger partial charge in [0.25, 0.3) is 5.91 Å². The number of benzene rings is 1. The van der Waals surface area contributed by atoms with Crippen molar-refractivity contribution < 1.29 is 4.79 Å². The number of aryl methyl sites for hydroxylation is 1. The lowest BCUT2D eigenvalue weighted by molar-refractivity contribution is 0.0945. The molecule has 20 heavy (non-hydrogen) atoms. The van der Waals surface area contributed by atoms with Gasteiger partial charge in [0.15, 0.2) is 0 Å². The van der Waals surface area contributed by atoms with Crippen LogP contribution in [0.1, 0.15) is 35.2 Å². The molecule has 0 radical (unpaired) electrons. The second kappa shape index (κ2) is 4.22. The van der Waals surface area contributed by atoms with Gasteiger partial charge in [0.2, 0.25) is 0 Å². The van der Waals surface area contributed by atoms with Gasteiger partial charge in [-0.25, -0.2) is 0 Å². The second-order valence-electron chi connectivity index (χ2n) is 6.68. The Hall–Kier alpha value is -1.55. The third-order valence-electron chi connectivity index (χ3n) is 5.61. The number of carbonyl (C=O) groups excluding carboxylic acids is 1. The van der Waals surface area contributed by atoms with E-state index in [1.165, 1.54) is 19.3 Å². The van der Waals surface area contributed by atoms with Gasteiger partial charge in [-0.3, -0.25) is 10.6 Å². The molecule has 3 aliphatic carbocycles. The van der Waals surface area contributed by atoms with E-state index in [-0.39, 0.29) is 5.91 Å². The molecule has 1 aromatic rings. The summed E-state index contributed by atoms with van der Waals surface area (Å²) in [5.41, 5.74) is 5.08. The number of hydrazine groups is 1. The highest BCUT2D eigenvalue weighted by atomic mass is 16.1. The normalized spacial score (nSPS) is 36.6. The maximum atomic E-state index is 12.4. The van der Waals surface area contributed by atoms with Gasteiger partial charge in [0.1, 0.15) is 0 Å². The van der Waals surface area contributed by atoms with Crippen molar-refractivity contribution in [2.24, 2.45) is 29.5 Å². The van der Waals surface area contributed by atoms with Crippen molar-refractivity contribution in [2.75, 3.05) is 5.43 Å². The zero-order valence-electron chi connectivity index (χ0n) is 11.7. The van der Waals surface area contributed by atoms with E-state index in [1.54, 1.807) is 0 Å². The largest absolute Gasteiger partial charge is 0.349 e. The summed E-state index contributed by atoms with van der Waals surface area (Å²) in [5.74, 6) is 8.80. The standard InChI is InChI=1S/C16H21N3O/c1-8-2-5-11(12(6-8)19-17)16(20)18-15-13-9-3-4-10(7-9)14(13)15/h2,5-6,9-10,13-15,19H,3-4,7,17H2,1H3,(H,18,20). The lowest BCUT2D eigenvalue weighted by Crippen LogP contribution is -2.30. The second-order valence-corrected chi connectivity index (χ2v) is 6.68. The van der Waals surface area contributed by atoms with Gasteiger partial charge in [0, 0.05) is 6.04 Å². The highest BCUT2D eigenvalue weighted by Crippen LogP contribution is 2.65. The van der Waals surface area contributed by atoms with Crippen LogP contribution >= 0.6 is 0 Å².